The monoisotopic (exact) mass is 279 g/mol. The van der Waals surface area contributed by atoms with Gasteiger partial charge in [-0.25, -0.2) is 8.78 Å². The minimum atomic E-state index is -0.438. The Hall–Kier alpha value is -2.01. The second kappa shape index (κ2) is 5.75. The average molecular weight is 279 g/mol. The highest BCUT2D eigenvalue weighted by atomic mass is 32.1. The molecule has 0 aliphatic rings. The summed E-state index contributed by atoms with van der Waals surface area (Å²) in [5.41, 5.74) is 6.26. The van der Waals surface area contributed by atoms with Crippen molar-refractivity contribution in [1.82, 2.24) is 0 Å². The van der Waals surface area contributed by atoms with E-state index in [2.05, 4.69) is 0 Å². The van der Waals surface area contributed by atoms with Crippen LogP contribution in [0.25, 0.3) is 0 Å². The maximum atomic E-state index is 13.7. The molecule has 0 aliphatic heterocycles. The van der Waals surface area contributed by atoms with Crippen LogP contribution in [0.1, 0.15) is 11.1 Å². The first-order chi connectivity index (χ1) is 9.06. The van der Waals surface area contributed by atoms with Crippen molar-refractivity contribution in [2.45, 2.75) is 6.61 Å². The normalized spacial score (nSPS) is 10.2. The number of ether oxygens (including phenoxy) is 1. The van der Waals surface area contributed by atoms with Crippen LogP contribution in [-0.2, 0) is 6.61 Å². The van der Waals surface area contributed by atoms with E-state index < -0.39 is 5.82 Å². The van der Waals surface area contributed by atoms with E-state index >= 15 is 0 Å². The molecule has 0 aliphatic carbocycles. The van der Waals surface area contributed by atoms with Crippen LogP contribution in [0.4, 0.5) is 8.78 Å². The fourth-order valence-electron chi connectivity index (χ4n) is 1.51. The number of benzene rings is 2. The molecule has 2 aromatic rings. The molecular weight excluding hydrogens is 268 g/mol. The Morgan fingerprint density at radius 3 is 2.37 bits per heavy atom. The lowest BCUT2D eigenvalue weighted by molar-refractivity contribution is 0.299. The van der Waals surface area contributed by atoms with E-state index in [1.165, 1.54) is 30.3 Å². The van der Waals surface area contributed by atoms with Gasteiger partial charge in [-0.15, -0.1) is 0 Å². The van der Waals surface area contributed by atoms with Crippen molar-refractivity contribution in [3.63, 3.8) is 0 Å². The van der Waals surface area contributed by atoms with Crippen LogP contribution in [0.15, 0.2) is 42.5 Å². The topological polar surface area (TPSA) is 35.2 Å². The number of nitrogens with two attached hydrogens (primary N) is 1. The average Bonchev–Trinajstić information content (AvgIpc) is 2.39. The van der Waals surface area contributed by atoms with Crippen molar-refractivity contribution in [3.05, 3.63) is 65.2 Å². The zero-order valence-corrected chi connectivity index (χ0v) is 10.7. The number of thiocarbonyl (C=S) groups is 1. The fraction of sp³-hybridized carbons (Fsp3) is 0.0714. The van der Waals surface area contributed by atoms with Crippen molar-refractivity contribution in [2.75, 3.05) is 0 Å². The molecule has 0 spiro atoms. The molecule has 98 valence electrons. The largest absolute Gasteiger partial charge is 0.489 e. The first-order valence-electron chi connectivity index (χ1n) is 5.53. The molecule has 2 nitrogen and oxygen atoms in total. The third-order valence-electron chi connectivity index (χ3n) is 2.55. The molecule has 2 N–H and O–H groups in total. The van der Waals surface area contributed by atoms with Crippen LogP contribution in [0.2, 0.25) is 0 Å². The third kappa shape index (κ3) is 3.48. The van der Waals surface area contributed by atoms with Gasteiger partial charge >= 0.3 is 0 Å². The van der Waals surface area contributed by atoms with E-state index in [0.717, 1.165) is 0 Å². The SMILES string of the molecule is NC(=S)c1ccc(COc2ccc(F)cc2)c(F)c1. The summed E-state index contributed by atoms with van der Waals surface area (Å²) in [5.74, 6) is -0.314. The molecule has 0 heterocycles. The van der Waals surface area contributed by atoms with Crippen LogP contribution in [-0.4, -0.2) is 4.99 Å². The van der Waals surface area contributed by atoms with Crippen LogP contribution >= 0.6 is 12.2 Å². The molecule has 0 aromatic heterocycles. The third-order valence-corrected chi connectivity index (χ3v) is 2.78. The molecule has 0 atom stereocenters. The zero-order chi connectivity index (χ0) is 13.8. The van der Waals surface area contributed by atoms with Gasteiger partial charge in [-0.2, -0.15) is 0 Å². The van der Waals surface area contributed by atoms with Gasteiger partial charge < -0.3 is 10.5 Å². The first-order valence-corrected chi connectivity index (χ1v) is 5.93. The van der Waals surface area contributed by atoms with E-state index in [9.17, 15) is 8.78 Å². The predicted octanol–water partition coefficient (Wildman–Crippen LogP) is 3.18. The van der Waals surface area contributed by atoms with Crippen molar-refractivity contribution in [1.29, 1.82) is 0 Å². The molecular formula is C14H11F2NOS. The summed E-state index contributed by atoms with van der Waals surface area (Å²) in [6.07, 6.45) is 0. The quantitative estimate of drug-likeness (QED) is 0.873. The summed E-state index contributed by atoms with van der Waals surface area (Å²) in [5, 5.41) is 0. The highest BCUT2D eigenvalue weighted by Crippen LogP contribution is 2.16. The van der Waals surface area contributed by atoms with E-state index in [4.69, 9.17) is 22.7 Å². The summed E-state index contributed by atoms with van der Waals surface area (Å²) in [7, 11) is 0. The van der Waals surface area contributed by atoms with Crippen molar-refractivity contribution < 1.29 is 13.5 Å². The maximum absolute atomic E-state index is 13.7. The molecule has 0 bridgehead atoms. The number of rotatable bonds is 4. The molecule has 19 heavy (non-hydrogen) atoms. The maximum Gasteiger partial charge on any atom is 0.130 e. The van der Waals surface area contributed by atoms with Gasteiger partial charge in [-0.3, -0.25) is 0 Å². The molecule has 2 aromatic carbocycles. The Bertz CT molecular complexity index is 599. The second-order valence-electron chi connectivity index (χ2n) is 3.91. The van der Waals surface area contributed by atoms with Crippen molar-refractivity contribution in [3.8, 4) is 5.75 Å². The smallest absolute Gasteiger partial charge is 0.130 e. The lowest BCUT2D eigenvalue weighted by Gasteiger charge is -2.08. The Morgan fingerprint density at radius 1 is 1.11 bits per heavy atom. The van der Waals surface area contributed by atoms with Crippen molar-refractivity contribution >= 4 is 17.2 Å². The molecule has 0 amide bonds. The van der Waals surface area contributed by atoms with Gasteiger partial charge in [0, 0.05) is 11.1 Å². The van der Waals surface area contributed by atoms with Gasteiger partial charge in [-0.05, 0) is 30.3 Å². The molecule has 0 saturated carbocycles. The van der Waals surface area contributed by atoms with Gasteiger partial charge in [0.25, 0.3) is 0 Å². The summed E-state index contributed by atoms with van der Waals surface area (Å²) < 4.78 is 31.8. The molecule has 5 heteroatoms. The second-order valence-corrected chi connectivity index (χ2v) is 4.35. The standard InChI is InChI=1S/C14H11F2NOS/c15-11-3-5-12(6-4-11)18-8-10-2-1-9(14(17)19)7-13(10)16/h1-7H,8H2,(H2,17,19). The minimum absolute atomic E-state index is 0.0507. The summed E-state index contributed by atoms with van der Waals surface area (Å²) in [6, 6.07) is 9.99. The van der Waals surface area contributed by atoms with Gasteiger partial charge in [0.1, 0.15) is 29.0 Å². The van der Waals surface area contributed by atoms with Gasteiger partial charge in [0.15, 0.2) is 0 Å². The van der Waals surface area contributed by atoms with E-state index in [1.807, 2.05) is 0 Å². The number of hydrogen-bond donors (Lipinski definition) is 1. The van der Waals surface area contributed by atoms with Gasteiger partial charge in [-0.1, -0.05) is 24.4 Å². The summed E-state index contributed by atoms with van der Waals surface area (Å²) in [6.45, 7) is 0.0507. The van der Waals surface area contributed by atoms with Gasteiger partial charge in [0.05, 0.1) is 0 Å². The van der Waals surface area contributed by atoms with Crippen LogP contribution in [0.3, 0.4) is 0 Å². The molecule has 0 saturated heterocycles. The molecule has 0 unspecified atom stereocenters. The fourth-order valence-corrected chi connectivity index (χ4v) is 1.64. The number of hydrogen-bond acceptors (Lipinski definition) is 2. The zero-order valence-electron chi connectivity index (χ0n) is 9.90. The predicted molar refractivity (Wildman–Crippen MR) is 73.0 cm³/mol. The lowest BCUT2D eigenvalue weighted by Crippen LogP contribution is -2.10. The summed E-state index contributed by atoms with van der Waals surface area (Å²) >= 11 is 4.76. The van der Waals surface area contributed by atoms with Gasteiger partial charge in [0.2, 0.25) is 0 Å². The Balaban J connectivity index is 2.07. The highest BCUT2D eigenvalue weighted by Gasteiger charge is 2.06. The van der Waals surface area contributed by atoms with E-state index in [1.54, 1.807) is 12.1 Å². The summed E-state index contributed by atoms with van der Waals surface area (Å²) in [4.78, 5) is 0.143. The van der Waals surface area contributed by atoms with Crippen LogP contribution < -0.4 is 10.5 Å². The molecule has 0 fully saturated rings. The molecule has 2 rings (SSSR count). The Morgan fingerprint density at radius 2 is 1.79 bits per heavy atom. The van der Waals surface area contributed by atoms with Crippen molar-refractivity contribution in [2.24, 2.45) is 5.73 Å². The first kappa shape index (κ1) is 13.4. The number of halogens is 2. The lowest BCUT2D eigenvalue weighted by atomic mass is 10.1. The van der Waals surface area contributed by atoms with Crippen LogP contribution in [0, 0.1) is 11.6 Å². The minimum Gasteiger partial charge on any atom is -0.489 e. The highest BCUT2D eigenvalue weighted by molar-refractivity contribution is 7.80. The van der Waals surface area contributed by atoms with E-state index in [0.29, 0.717) is 16.9 Å². The Kier molecular flexibility index (Phi) is 4.06. The van der Waals surface area contributed by atoms with Crippen LogP contribution in [0.5, 0.6) is 5.75 Å². The van der Waals surface area contributed by atoms with E-state index in [-0.39, 0.29) is 17.4 Å². The Labute approximate surface area is 114 Å². The molecule has 0 radical (unpaired) electrons.